The summed E-state index contributed by atoms with van der Waals surface area (Å²) in [4.78, 5) is 32.3. The number of benzene rings is 3. The normalized spacial score (nSPS) is 12.5. The number of hydrogen-bond donors (Lipinski definition) is 1. The van der Waals surface area contributed by atoms with Crippen LogP contribution in [0, 0.1) is 20.8 Å². The number of carbonyl (C=O) groups excluding carboxylic acids is 1. The van der Waals surface area contributed by atoms with Crippen molar-refractivity contribution in [2.24, 2.45) is 0 Å². The summed E-state index contributed by atoms with van der Waals surface area (Å²) >= 11 is 3.57. The number of aryl methyl sites for hydroxylation is 3. The van der Waals surface area contributed by atoms with Gasteiger partial charge in [0.05, 0.1) is 35.4 Å². The van der Waals surface area contributed by atoms with Crippen LogP contribution in [0.3, 0.4) is 0 Å². The summed E-state index contributed by atoms with van der Waals surface area (Å²) < 4.78 is 5.89. The maximum Gasteiger partial charge on any atom is 0.224 e. The third-order valence-corrected chi connectivity index (χ3v) is 9.56. The van der Waals surface area contributed by atoms with E-state index < -0.39 is 0 Å². The van der Waals surface area contributed by atoms with Gasteiger partial charge in [0.2, 0.25) is 11.9 Å². The molecule has 6 rings (SSSR count). The smallest absolute Gasteiger partial charge is 0.224 e. The second-order valence-electron chi connectivity index (χ2n) is 10.9. The average Bonchev–Trinajstić information content (AvgIpc) is 3.47. The van der Waals surface area contributed by atoms with Crippen LogP contribution in [-0.4, -0.2) is 45.8 Å². The van der Waals surface area contributed by atoms with E-state index in [1.807, 2.05) is 37.4 Å². The minimum Gasteiger partial charge on any atom is -0.490 e. The number of amides is 1. The van der Waals surface area contributed by atoms with E-state index in [1.165, 1.54) is 20.9 Å². The van der Waals surface area contributed by atoms with Crippen molar-refractivity contribution >= 4 is 41.1 Å². The van der Waals surface area contributed by atoms with Crippen LogP contribution in [0.4, 0.5) is 11.6 Å². The van der Waals surface area contributed by atoms with Gasteiger partial charge in [-0.05, 0) is 75.4 Å². The predicted molar refractivity (Wildman–Crippen MR) is 182 cm³/mol. The van der Waals surface area contributed by atoms with Gasteiger partial charge in [-0.1, -0.05) is 35.4 Å². The maximum absolute atomic E-state index is 12.5. The lowest BCUT2D eigenvalue weighted by Gasteiger charge is -2.29. The second-order valence-corrected chi connectivity index (χ2v) is 12.9. The molecule has 0 saturated carbocycles. The van der Waals surface area contributed by atoms with Gasteiger partial charge in [0.1, 0.15) is 12.4 Å². The van der Waals surface area contributed by atoms with Gasteiger partial charge < -0.3 is 19.5 Å². The number of hydrogen-bond acceptors (Lipinski definition) is 7. The number of anilines is 2. The van der Waals surface area contributed by atoms with Gasteiger partial charge in [0, 0.05) is 39.7 Å². The van der Waals surface area contributed by atoms with Crippen molar-refractivity contribution in [2.45, 2.75) is 37.5 Å². The van der Waals surface area contributed by atoms with Crippen LogP contribution in [0.25, 0.3) is 22.5 Å². The number of nitrogens with one attached hydrogen (secondary N) is 1. The lowest BCUT2D eigenvalue weighted by Crippen LogP contribution is -2.36. The van der Waals surface area contributed by atoms with Crippen LogP contribution in [0.2, 0.25) is 0 Å². The molecule has 1 aliphatic rings. The Kier molecular flexibility index (Phi) is 8.95. The van der Waals surface area contributed by atoms with Crippen molar-refractivity contribution in [3.8, 4) is 28.3 Å². The van der Waals surface area contributed by atoms with Crippen LogP contribution in [0.15, 0.2) is 94.9 Å². The summed E-state index contributed by atoms with van der Waals surface area (Å²) in [7, 11) is 0. The van der Waals surface area contributed by atoms with E-state index in [2.05, 4.69) is 83.3 Å². The largest absolute Gasteiger partial charge is 0.490 e. The Morgan fingerprint density at radius 3 is 2.16 bits per heavy atom. The van der Waals surface area contributed by atoms with E-state index in [0.29, 0.717) is 30.7 Å². The molecule has 9 heteroatoms. The number of aromatic amines is 1. The highest BCUT2D eigenvalue weighted by Gasteiger charge is 2.24. The molecule has 3 heterocycles. The van der Waals surface area contributed by atoms with E-state index >= 15 is 0 Å². The minimum atomic E-state index is -0.00756. The number of H-pyrrole nitrogens is 1. The Hall–Kier alpha value is -4.21. The molecule has 1 aliphatic heterocycles. The van der Waals surface area contributed by atoms with Crippen LogP contribution in [-0.2, 0) is 4.79 Å². The fourth-order valence-corrected chi connectivity index (χ4v) is 6.86. The van der Waals surface area contributed by atoms with Crippen LogP contribution in [0.1, 0.15) is 23.7 Å². The second kappa shape index (κ2) is 13.2. The summed E-state index contributed by atoms with van der Waals surface area (Å²) in [6, 6.07) is 27.3. The van der Waals surface area contributed by atoms with Crippen molar-refractivity contribution in [1.82, 2.24) is 15.0 Å². The van der Waals surface area contributed by atoms with Crippen molar-refractivity contribution < 1.29 is 9.53 Å². The van der Waals surface area contributed by atoms with E-state index in [1.54, 1.807) is 35.3 Å². The standard InChI is InChI=1S/C35H35N5O2S2/c1-23-5-10-29(11-6-23)43-21-39(22-44-30-12-7-24(2)8-13-30)35-37-33(34(38-35)28-15-16-36-25(3)19-28)27-9-14-32-31(20-27)40(26(4)41)17-18-42-32/h5-16,19-20H,17-18,21-22H2,1-4H3,(H,37,38). The molecule has 44 heavy (non-hydrogen) atoms. The quantitative estimate of drug-likeness (QED) is 0.132. The monoisotopic (exact) mass is 621 g/mol. The van der Waals surface area contributed by atoms with Crippen molar-refractivity contribution in [2.75, 3.05) is 34.7 Å². The molecule has 0 saturated heterocycles. The number of fused-ring (bicyclic) bond motifs is 1. The molecule has 0 radical (unpaired) electrons. The van der Waals surface area contributed by atoms with Gasteiger partial charge in [-0.15, -0.1) is 23.5 Å². The fraction of sp³-hybridized carbons (Fsp3) is 0.229. The third-order valence-electron chi connectivity index (χ3n) is 7.47. The molecular weight excluding hydrogens is 587 g/mol. The zero-order valence-corrected chi connectivity index (χ0v) is 27.0. The molecule has 1 N–H and O–H groups in total. The molecule has 0 fully saturated rings. The van der Waals surface area contributed by atoms with E-state index in [4.69, 9.17) is 9.72 Å². The van der Waals surface area contributed by atoms with E-state index in [-0.39, 0.29) is 5.91 Å². The Labute approximate surface area is 267 Å². The van der Waals surface area contributed by atoms with Crippen molar-refractivity contribution in [3.05, 3.63) is 102 Å². The first kappa shape index (κ1) is 29.8. The van der Waals surface area contributed by atoms with Crippen LogP contribution in [0.5, 0.6) is 5.75 Å². The van der Waals surface area contributed by atoms with E-state index in [0.717, 1.165) is 39.8 Å². The molecule has 0 aliphatic carbocycles. The summed E-state index contributed by atoms with van der Waals surface area (Å²) in [6.45, 7) is 8.79. The third kappa shape index (κ3) is 6.79. The molecule has 5 aromatic rings. The molecule has 1 amide bonds. The molecule has 7 nitrogen and oxygen atoms in total. The number of aromatic nitrogens is 3. The SMILES string of the molecule is CC(=O)N1CCOc2ccc(-c3nc(N(CSc4ccc(C)cc4)CSc4ccc(C)cc4)[nH]c3-c3ccnc(C)c3)cc21. The first-order valence-corrected chi connectivity index (χ1v) is 16.5. The highest BCUT2D eigenvalue weighted by atomic mass is 32.2. The first-order chi connectivity index (χ1) is 21.3. The summed E-state index contributed by atoms with van der Waals surface area (Å²) in [5.74, 6) is 2.89. The number of carbonyl (C=O) groups is 1. The molecule has 0 bridgehead atoms. The number of ether oxygens (including phenoxy) is 1. The summed E-state index contributed by atoms with van der Waals surface area (Å²) in [5, 5.41) is 0. The minimum absolute atomic E-state index is 0.00756. The molecular formula is C35H35N5O2S2. The van der Waals surface area contributed by atoms with Gasteiger partial charge in [0.15, 0.2) is 0 Å². The topological polar surface area (TPSA) is 74.4 Å². The number of thioether (sulfide) groups is 2. The lowest BCUT2D eigenvalue weighted by atomic mass is 10.0. The molecule has 2 aromatic heterocycles. The molecule has 3 aromatic carbocycles. The van der Waals surface area contributed by atoms with Crippen LogP contribution < -0.4 is 14.5 Å². The predicted octanol–water partition coefficient (Wildman–Crippen LogP) is 8.12. The van der Waals surface area contributed by atoms with Crippen molar-refractivity contribution in [1.29, 1.82) is 0 Å². The molecule has 0 atom stereocenters. The van der Waals surface area contributed by atoms with Gasteiger partial charge in [-0.25, -0.2) is 4.98 Å². The Morgan fingerprint density at radius 2 is 1.55 bits per heavy atom. The Morgan fingerprint density at radius 1 is 0.886 bits per heavy atom. The van der Waals surface area contributed by atoms with Gasteiger partial charge in [-0.2, -0.15) is 0 Å². The zero-order valence-electron chi connectivity index (χ0n) is 25.3. The number of nitrogens with zero attached hydrogens (tertiary/aromatic N) is 4. The first-order valence-electron chi connectivity index (χ1n) is 14.6. The van der Waals surface area contributed by atoms with Gasteiger partial charge >= 0.3 is 0 Å². The number of imidazole rings is 1. The van der Waals surface area contributed by atoms with Gasteiger partial charge in [0.25, 0.3) is 0 Å². The Balaban J connectivity index is 1.40. The Bertz CT molecular complexity index is 1720. The zero-order chi connectivity index (χ0) is 30.6. The summed E-state index contributed by atoms with van der Waals surface area (Å²) in [6.07, 6.45) is 1.82. The molecule has 0 spiro atoms. The molecule has 224 valence electrons. The number of rotatable bonds is 9. The van der Waals surface area contributed by atoms with Crippen LogP contribution >= 0.6 is 23.5 Å². The van der Waals surface area contributed by atoms with E-state index in [9.17, 15) is 4.79 Å². The highest BCUT2D eigenvalue weighted by Crippen LogP contribution is 2.40. The maximum atomic E-state index is 12.5. The highest BCUT2D eigenvalue weighted by molar-refractivity contribution is 8.00. The lowest BCUT2D eigenvalue weighted by molar-refractivity contribution is -0.116. The fourth-order valence-electron chi connectivity index (χ4n) is 5.05. The summed E-state index contributed by atoms with van der Waals surface area (Å²) in [5.41, 5.74) is 7.80. The van der Waals surface area contributed by atoms with Crippen molar-refractivity contribution in [3.63, 3.8) is 0 Å². The van der Waals surface area contributed by atoms with Gasteiger partial charge in [-0.3, -0.25) is 9.78 Å². The average molecular weight is 622 g/mol. The number of pyridine rings is 1. The molecule has 0 unspecified atom stereocenters.